The second kappa shape index (κ2) is 4.85. The first-order valence-corrected chi connectivity index (χ1v) is 6.88. The highest BCUT2D eigenvalue weighted by Gasteiger charge is 2.19. The Bertz CT molecular complexity index is 556. The lowest BCUT2D eigenvalue weighted by atomic mass is 10.1. The fourth-order valence-electron chi connectivity index (χ4n) is 2.32. The van der Waals surface area contributed by atoms with Crippen LogP contribution in [0.2, 0.25) is 0 Å². The van der Waals surface area contributed by atoms with Crippen LogP contribution < -0.4 is 5.32 Å². The number of halogens is 1. The van der Waals surface area contributed by atoms with E-state index in [1.54, 1.807) is 0 Å². The van der Waals surface area contributed by atoms with E-state index in [4.69, 9.17) is 4.42 Å². The molecule has 0 unspecified atom stereocenters. The van der Waals surface area contributed by atoms with E-state index in [-0.39, 0.29) is 0 Å². The maximum Gasteiger partial charge on any atom is 0.297 e. The summed E-state index contributed by atoms with van der Waals surface area (Å²) in [6, 6.07) is 4.69. The van der Waals surface area contributed by atoms with Gasteiger partial charge in [-0.3, -0.25) is 0 Å². The Hall–Kier alpha value is -1.14. The van der Waals surface area contributed by atoms with Crippen LogP contribution in [-0.4, -0.2) is 41.0 Å². The summed E-state index contributed by atoms with van der Waals surface area (Å²) in [4.78, 5) is 10.9. The van der Waals surface area contributed by atoms with Crippen LogP contribution in [0.1, 0.15) is 12.8 Å². The molecule has 1 atom stereocenters. The Balaban J connectivity index is 1.78. The first-order chi connectivity index (χ1) is 8.70. The van der Waals surface area contributed by atoms with Gasteiger partial charge in [0.15, 0.2) is 5.58 Å². The number of fused-ring (bicyclic) bond motifs is 1. The van der Waals surface area contributed by atoms with Crippen molar-refractivity contribution in [3.63, 3.8) is 0 Å². The normalized spacial score (nSPS) is 21.3. The van der Waals surface area contributed by atoms with Crippen molar-refractivity contribution in [1.29, 1.82) is 0 Å². The number of nitrogens with one attached hydrogen (secondary N) is 1. The Morgan fingerprint density at radius 2 is 2.33 bits per heavy atom. The van der Waals surface area contributed by atoms with Crippen LogP contribution in [0.5, 0.6) is 0 Å². The third kappa shape index (κ3) is 2.49. The van der Waals surface area contributed by atoms with Gasteiger partial charge in [-0.25, -0.2) is 4.98 Å². The third-order valence-corrected chi connectivity index (χ3v) is 3.61. The fraction of sp³-hybridized carbons (Fsp3) is 0.500. The molecule has 0 saturated carbocycles. The van der Waals surface area contributed by atoms with Gasteiger partial charge < -0.3 is 14.6 Å². The highest BCUT2D eigenvalue weighted by atomic mass is 79.9. The zero-order chi connectivity index (χ0) is 12.5. The third-order valence-electron chi connectivity index (χ3n) is 3.17. The molecule has 1 saturated heterocycles. The number of pyridine rings is 1. The van der Waals surface area contributed by atoms with Crippen molar-refractivity contribution >= 4 is 33.2 Å². The van der Waals surface area contributed by atoms with Crippen molar-refractivity contribution in [2.24, 2.45) is 0 Å². The summed E-state index contributed by atoms with van der Waals surface area (Å²) in [5, 5.41) is 3.35. The summed E-state index contributed by atoms with van der Waals surface area (Å²) in [5.41, 5.74) is 1.35. The van der Waals surface area contributed by atoms with Gasteiger partial charge in [0, 0.05) is 12.6 Å². The van der Waals surface area contributed by atoms with Crippen LogP contribution >= 0.6 is 15.9 Å². The van der Waals surface area contributed by atoms with Gasteiger partial charge in [0.2, 0.25) is 5.65 Å². The smallest absolute Gasteiger partial charge is 0.297 e. The molecule has 1 aliphatic rings. The van der Waals surface area contributed by atoms with Gasteiger partial charge in [-0.2, -0.15) is 4.98 Å². The van der Waals surface area contributed by atoms with Gasteiger partial charge in [-0.05, 0) is 54.5 Å². The molecule has 0 aromatic carbocycles. The molecular formula is C12H15BrN4O. The van der Waals surface area contributed by atoms with Gasteiger partial charge in [-0.1, -0.05) is 0 Å². The molecule has 2 aromatic heterocycles. The summed E-state index contributed by atoms with van der Waals surface area (Å²) in [5.74, 6) is 0. The van der Waals surface area contributed by atoms with E-state index in [1.165, 1.54) is 13.0 Å². The van der Waals surface area contributed by atoms with Crippen molar-refractivity contribution in [2.45, 2.75) is 18.9 Å². The minimum atomic E-state index is 0.403. The van der Waals surface area contributed by atoms with E-state index in [9.17, 15) is 0 Å². The minimum Gasteiger partial charge on any atom is -0.422 e. The van der Waals surface area contributed by atoms with Gasteiger partial charge in [0.1, 0.15) is 4.60 Å². The van der Waals surface area contributed by atoms with Crippen LogP contribution in [0.15, 0.2) is 21.2 Å². The zero-order valence-electron chi connectivity index (χ0n) is 10.2. The number of likely N-dealkylation sites (N-methyl/N-ethyl adjacent to an activating group) is 1. The number of aromatic nitrogens is 2. The lowest BCUT2D eigenvalue weighted by Gasteiger charge is -2.29. The van der Waals surface area contributed by atoms with E-state index < -0.39 is 0 Å². The van der Waals surface area contributed by atoms with Gasteiger partial charge in [0.05, 0.1) is 0 Å². The van der Waals surface area contributed by atoms with Gasteiger partial charge in [-0.15, -0.1) is 0 Å². The average Bonchev–Trinajstić information content (AvgIpc) is 2.70. The molecule has 0 aliphatic carbocycles. The highest BCUT2D eigenvalue weighted by molar-refractivity contribution is 9.10. The lowest BCUT2D eigenvalue weighted by molar-refractivity contribution is 0.259. The number of anilines is 1. The van der Waals surface area contributed by atoms with Crippen LogP contribution in [0, 0.1) is 0 Å². The van der Waals surface area contributed by atoms with Gasteiger partial charge in [0.25, 0.3) is 6.01 Å². The van der Waals surface area contributed by atoms with Gasteiger partial charge >= 0.3 is 0 Å². The average molecular weight is 311 g/mol. The molecular weight excluding hydrogens is 296 g/mol. The Labute approximate surface area is 114 Å². The summed E-state index contributed by atoms with van der Waals surface area (Å²) >= 11 is 3.33. The SMILES string of the molecule is CN1CCC[C@@H](Nc2nc3nc(Br)ccc3o2)C1. The monoisotopic (exact) mass is 310 g/mol. The predicted octanol–water partition coefficient (Wildman–Crippen LogP) is 2.49. The number of hydrogen-bond acceptors (Lipinski definition) is 5. The largest absolute Gasteiger partial charge is 0.422 e. The summed E-state index contributed by atoms with van der Waals surface area (Å²) in [6.07, 6.45) is 2.36. The van der Waals surface area contributed by atoms with Crippen LogP contribution in [0.4, 0.5) is 6.01 Å². The van der Waals surface area contributed by atoms with Crippen molar-refractivity contribution in [2.75, 3.05) is 25.5 Å². The Kier molecular flexibility index (Phi) is 3.22. The molecule has 2 aromatic rings. The highest BCUT2D eigenvalue weighted by Crippen LogP contribution is 2.21. The van der Waals surface area contributed by atoms with Crippen LogP contribution in [-0.2, 0) is 0 Å². The number of nitrogens with zero attached hydrogens (tertiary/aromatic N) is 3. The maximum atomic E-state index is 5.64. The first-order valence-electron chi connectivity index (χ1n) is 6.09. The predicted molar refractivity (Wildman–Crippen MR) is 73.6 cm³/mol. The van der Waals surface area contributed by atoms with E-state index in [2.05, 4.69) is 43.2 Å². The fourth-order valence-corrected chi connectivity index (χ4v) is 2.62. The van der Waals surface area contributed by atoms with Crippen molar-refractivity contribution in [1.82, 2.24) is 14.9 Å². The Morgan fingerprint density at radius 3 is 3.17 bits per heavy atom. The zero-order valence-corrected chi connectivity index (χ0v) is 11.8. The van der Waals surface area contributed by atoms with Crippen molar-refractivity contribution in [3.05, 3.63) is 16.7 Å². The Morgan fingerprint density at radius 1 is 1.44 bits per heavy atom. The molecule has 0 bridgehead atoms. The van der Waals surface area contributed by atoms with E-state index in [0.717, 1.165) is 17.6 Å². The quantitative estimate of drug-likeness (QED) is 0.864. The molecule has 3 heterocycles. The molecule has 18 heavy (non-hydrogen) atoms. The standard InChI is InChI=1S/C12H15BrN4O/c1-17-6-2-3-8(7-17)14-12-16-11-9(18-12)4-5-10(13)15-11/h4-5,8H,2-3,6-7H2,1H3,(H,14,15,16)/t8-/m1/s1. The first kappa shape index (κ1) is 11.9. The van der Waals surface area contributed by atoms with E-state index >= 15 is 0 Å². The summed E-state index contributed by atoms with van der Waals surface area (Å²) in [7, 11) is 2.14. The number of rotatable bonds is 2. The maximum absolute atomic E-state index is 5.64. The second-order valence-corrected chi connectivity index (χ2v) is 5.53. The second-order valence-electron chi connectivity index (χ2n) is 4.72. The molecule has 5 nitrogen and oxygen atoms in total. The van der Waals surface area contributed by atoms with Crippen molar-refractivity contribution in [3.8, 4) is 0 Å². The molecule has 0 spiro atoms. The molecule has 1 N–H and O–H groups in total. The summed E-state index contributed by atoms with van der Waals surface area (Å²) < 4.78 is 6.41. The minimum absolute atomic E-state index is 0.403. The number of piperidine rings is 1. The van der Waals surface area contributed by atoms with Crippen LogP contribution in [0.25, 0.3) is 11.2 Å². The van der Waals surface area contributed by atoms with Crippen LogP contribution in [0.3, 0.4) is 0 Å². The number of oxazole rings is 1. The molecule has 3 rings (SSSR count). The lowest BCUT2D eigenvalue weighted by Crippen LogP contribution is -2.39. The van der Waals surface area contributed by atoms with E-state index in [0.29, 0.717) is 23.3 Å². The summed E-state index contributed by atoms with van der Waals surface area (Å²) in [6.45, 7) is 2.19. The molecule has 1 fully saturated rings. The topological polar surface area (TPSA) is 54.2 Å². The molecule has 0 radical (unpaired) electrons. The van der Waals surface area contributed by atoms with E-state index in [1.807, 2.05) is 12.1 Å². The van der Waals surface area contributed by atoms with Crippen molar-refractivity contribution < 1.29 is 4.42 Å². The number of likely N-dealkylation sites (tertiary alicyclic amines) is 1. The number of hydrogen-bond donors (Lipinski definition) is 1. The molecule has 96 valence electrons. The molecule has 0 amide bonds. The molecule has 1 aliphatic heterocycles. The molecule has 6 heteroatoms.